The summed E-state index contributed by atoms with van der Waals surface area (Å²) < 4.78 is 41.5. The maximum atomic E-state index is 13.2. The van der Waals surface area contributed by atoms with Gasteiger partial charge >= 0.3 is 0 Å². The number of hydrogen-bond donors (Lipinski definition) is 2. The van der Waals surface area contributed by atoms with E-state index < -0.39 is 10.0 Å². The lowest BCUT2D eigenvalue weighted by Gasteiger charge is -2.19. The number of anilines is 2. The van der Waals surface area contributed by atoms with Gasteiger partial charge in [0.05, 0.1) is 4.90 Å². The van der Waals surface area contributed by atoms with Crippen molar-refractivity contribution in [1.29, 1.82) is 0 Å². The fraction of sp³-hybridized carbons (Fsp3) is 0.269. The van der Waals surface area contributed by atoms with Crippen molar-refractivity contribution in [1.82, 2.24) is 5.32 Å². The summed E-state index contributed by atoms with van der Waals surface area (Å²) in [6.07, 6.45) is 0.924. The second kappa shape index (κ2) is 9.85. The minimum Gasteiger partial charge on any atom is -0.371 e. The summed E-state index contributed by atoms with van der Waals surface area (Å²) >= 11 is 0. The van der Waals surface area contributed by atoms with E-state index in [9.17, 15) is 17.6 Å². The van der Waals surface area contributed by atoms with Crippen LogP contribution in [0.25, 0.3) is 0 Å². The van der Waals surface area contributed by atoms with Crippen LogP contribution in [0.1, 0.15) is 27.9 Å². The molecule has 0 aliphatic carbocycles. The van der Waals surface area contributed by atoms with Crippen LogP contribution >= 0.6 is 0 Å². The van der Waals surface area contributed by atoms with Gasteiger partial charge in [0.25, 0.3) is 15.9 Å². The summed E-state index contributed by atoms with van der Waals surface area (Å²) in [4.78, 5) is 15.1. The van der Waals surface area contributed by atoms with E-state index in [4.69, 9.17) is 0 Å². The third-order valence-corrected chi connectivity index (χ3v) is 7.56. The Labute approximate surface area is 199 Å². The molecule has 3 aromatic carbocycles. The first-order valence-electron chi connectivity index (χ1n) is 11.2. The summed E-state index contributed by atoms with van der Waals surface area (Å²) in [5.41, 5.74) is 3.19. The van der Waals surface area contributed by atoms with Crippen molar-refractivity contribution in [2.24, 2.45) is 5.92 Å². The number of carbonyl (C=O) groups excluding carboxylic acids is 1. The number of nitrogens with one attached hydrogen (secondary N) is 2. The van der Waals surface area contributed by atoms with Crippen molar-refractivity contribution in [2.45, 2.75) is 25.2 Å². The Hall–Kier alpha value is -3.39. The Balaban J connectivity index is 1.37. The molecule has 3 aromatic rings. The first-order valence-corrected chi connectivity index (χ1v) is 12.7. The highest BCUT2D eigenvalue weighted by Crippen LogP contribution is 2.24. The van der Waals surface area contributed by atoms with Crippen LogP contribution in [0.2, 0.25) is 0 Å². The van der Waals surface area contributed by atoms with E-state index in [1.165, 1.54) is 18.2 Å². The van der Waals surface area contributed by atoms with E-state index in [0.29, 0.717) is 23.4 Å². The number of amides is 1. The van der Waals surface area contributed by atoms with Gasteiger partial charge in [-0.1, -0.05) is 18.2 Å². The highest BCUT2D eigenvalue weighted by Gasteiger charge is 2.23. The number of hydrogen-bond acceptors (Lipinski definition) is 4. The topological polar surface area (TPSA) is 78.5 Å². The molecule has 1 amide bonds. The number of rotatable bonds is 7. The van der Waals surface area contributed by atoms with Crippen LogP contribution in [0.4, 0.5) is 15.8 Å². The number of benzene rings is 3. The molecule has 1 saturated heterocycles. The molecule has 1 unspecified atom stereocenters. The molecule has 6 nitrogen and oxygen atoms in total. The fourth-order valence-electron chi connectivity index (χ4n) is 4.16. The van der Waals surface area contributed by atoms with Gasteiger partial charge < -0.3 is 10.2 Å². The molecular weight excluding hydrogens is 453 g/mol. The number of aryl methyl sites for hydroxylation is 2. The average molecular weight is 482 g/mol. The summed E-state index contributed by atoms with van der Waals surface area (Å²) in [5, 5.41) is 2.96. The highest BCUT2D eigenvalue weighted by atomic mass is 32.2. The Morgan fingerprint density at radius 3 is 2.59 bits per heavy atom. The lowest BCUT2D eigenvalue weighted by molar-refractivity contribution is 0.0948. The van der Waals surface area contributed by atoms with E-state index >= 15 is 0 Å². The second-order valence-electron chi connectivity index (χ2n) is 8.74. The fourth-order valence-corrected chi connectivity index (χ4v) is 5.54. The Morgan fingerprint density at radius 1 is 1.06 bits per heavy atom. The molecule has 8 heteroatoms. The van der Waals surface area contributed by atoms with Gasteiger partial charge in [-0.15, -0.1) is 0 Å². The van der Waals surface area contributed by atoms with Crippen LogP contribution in [-0.4, -0.2) is 34.0 Å². The monoisotopic (exact) mass is 481 g/mol. The van der Waals surface area contributed by atoms with Crippen molar-refractivity contribution in [2.75, 3.05) is 29.3 Å². The predicted molar refractivity (Wildman–Crippen MR) is 132 cm³/mol. The maximum absolute atomic E-state index is 13.2. The van der Waals surface area contributed by atoms with Gasteiger partial charge in [0.2, 0.25) is 0 Å². The van der Waals surface area contributed by atoms with E-state index in [0.717, 1.165) is 30.8 Å². The molecule has 34 heavy (non-hydrogen) atoms. The van der Waals surface area contributed by atoms with Crippen LogP contribution in [-0.2, 0) is 10.0 Å². The van der Waals surface area contributed by atoms with Crippen molar-refractivity contribution >= 4 is 27.3 Å². The van der Waals surface area contributed by atoms with Crippen molar-refractivity contribution < 1.29 is 17.6 Å². The molecule has 1 aliphatic heterocycles. The smallest absolute Gasteiger partial charge is 0.262 e. The molecule has 178 valence electrons. The zero-order valence-electron chi connectivity index (χ0n) is 19.2. The van der Waals surface area contributed by atoms with Crippen molar-refractivity contribution in [3.05, 3.63) is 89.2 Å². The molecule has 2 N–H and O–H groups in total. The van der Waals surface area contributed by atoms with Crippen LogP contribution in [0, 0.1) is 25.6 Å². The summed E-state index contributed by atoms with van der Waals surface area (Å²) in [7, 11) is -3.78. The largest absolute Gasteiger partial charge is 0.371 e. The average Bonchev–Trinajstić information content (AvgIpc) is 3.28. The lowest BCUT2D eigenvalue weighted by atomic mass is 10.1. The van der Waals surface area contributed by atoms with Gasteiger partial charge in [0.1, 0.15) is 5.82 Å². The van der Waals surface area contributed by atoms with Crippen molar-refractivity contribution in [3.8, 4) is 0 Å². The predicted octanol–water partition coefficient (Wildman–Crippen LogP) is 4.50. The Morgan fingerprint density at radius 2 is 1.82 bits per heavy atom. The van der Waals surface area contributed by atoms with Gasteiger partial charge in [0, 0.05) is 36.6 Å². The van der Waals surface area contributed by atoms with Gasteiger partial charge in [-0.3, -0.25) is 9.52 Å². The Bertz CT molecular complexity index is 1290. The van der Waals surface area contributed by atoms with Crippen LogP contribution in [0.5, 0.6) is 0 Å². The van der Waals surface area contributed by atoms with Gasteiger partial charge in [-0.25, -0.2) is 12.8 Å². The normalized spacial score (nSPS) is 15.9. The SMILES string of the molecule is Cc1ccc(C)c(S(=O)(=O)Nc2cccc(C(=O)NCC3CCN(c4ccc(F)cc4)C3)c2)c1. The molecule has 0 saturated carbocycles. The number of nitrogens with zero attached hydrogens (tertiary/aromatic N) is 1. The Kier molecular flexibility index (Phi) is 6.88. The highest BCUT2D eigenvalue weighted by molar-refractivity contribution is 7.92. The van der Waals surface area contributed by atoms with Gasteiger partial charge in [0.15, 0.2) is 0 Å². The number of carbonyl (C=O) groups is 1. The van der Waals surface area contributed by atoms with Crippen LogP contribution in [0.15, 0.2) is 71.6 Å². The maximum Gasteiger partial charge on any atom is 0.262 e. The van der Waals surface area contributed by atoms with E-state index in [-0.39, 0.29) is 22.5 Å². The van der Waals surface area contributed by atoms with Crippen LogP contribution in [0.3, 0.4) is 0 Å². The van der Waals surface area contributed by atoms with E-state index in [2.05, 4.69) is 14.9 Å². The lowest BCUT2D eigenvalue weighted by Crippen LogP contribution is -2.31. The molecule has 0 aromatic heterocycles. The first kappa shape index (κ1) is 23.8. The van der Waals surface area contributed by atoms with Crippen LogP contribution < -0.4 is 14.9 Å². The molecular formula is C26H28FN3O3S. The van der Waals surface area contributed by atoms with Gasteiger partial charge in [-0.05, 0) is 85.8 Å². The molecule has 0 radical (unpaired) electrons. The second-order valence-corrected chi connectivity index (χ2v) is 10.4. The third-order valence-electron chi connectivity index (χ3n) is 6.04. The number of sulfonamides is 1. The summed E-state index contributed by atoms with van der Waals surface area (Å²) in [6.45, 7) is 5.73. The molecule has 0 spiro atoms. The summed E-state index contributed by atoms with van der Waals surface area (Å²) in [5.74, 6) is -0.238. The molecule has 1 heterocycles. The zero-order valence-corrected chi connectivity index (χ0v) is 20.0. The zero-order chi connectivity index (χ0) is 24.3. The standard InChI is InChI=1S/C26H28FN3O3S/c1-18-6-7-19(2)25(14-18)34(32,33)29-23-5-3-4-21(15-23)26(31)28-16-20-12-13-30(17-20)24-10-8-22(27)9-11-24/h3-11,14-15,20,29H,12-13,16-17H2,1-2H3,(H,28,31). The van der Waals surface area contributed by atoms with Crippen molar-refractivity contribution in [3.63, 3.8) is 0 Å². The first-order chi connectivity index (χ1) is 16.2. The minimum atomic E-state index is -3.78. The van der Waals surface area contributed by atoms with Gasteiger partial charge in [-0.2, -0.15) is 0 Å². The molecule has 1 fully saturated rings. The molecule has 1 aliphatic rings. The van der Waals surface area contributed by atoms with E-state index in [1.807, 2.05) is 13.0 Å². The molecule has 0 bridgehead atoms. The summed E-state index contributed by atoms with van der Waals surface area (Å²) in [6, 6.07) is 18.2. The third kappa shape index (κ3) is 5.56. The molecule has 4 rings (SSSR count). The minimum absolute atomic E-state index is 0.217. The van der Waals surface area contributed by atoms with E-state index in [1.54, 1.807) is 49.4 Å². The molecule has 1 atom stereocenters. The quantitative estimate of drug-likeness (QED) is 0.521. The number of halogens is 1.